The summed E-state index contributed by atoms with van der Waals surface area (Å²) in [5, 5.41) is 0. The highest BCUT2D eigenvalue weighted by Gasteiger charge is 2.43. The van der Waals surface area contributed by atoms with Crippen LogP contribution in [0.25, 0.3) is 0 Å². The van der Waals surface area contributed by atoms with E-state index in [-0.39, 0.29) is 42.5 Å². The van der Waals surface area contributed by atoms with Gasteiger partial charge in [-0.15, -0.1) is 0 Å². The minimum absolute atomic E-state index is 0.00104. The van der Waals surface area contributed by atoms with E-state index in [9.17, 15) is 4.79 Å². The van der Waals surface area contributed by atoms with Crippen LogP contribution in [0, 0.1) is 17.8 Å². The largest absolute Gasteiger partial charge is 0.497 e. The van der Waals surface area contributed by atoms with E-state index in [0.29, 0.717) is 26.1 Å². The maximum Gasteiger partial charge on any atom is 0.306 e. The number of hydrogen-bond donors (Lipinski definition) is 0. The Kier molecular flexibility index (Phi) is 17.4. The van der Waals surface area contributed by atoms with Gasteiger partial charge in [0.25, 0.3) is 0 Å². The third-order valence-electron chi connectivity index (χ3n) is 11.3. The van der Waals surface area contributed by atoms with Crippen molar-refractivity contribution in [2.75, 3.05) is 20.3 Å². The molecule has 5 atom stereocenters. The zero-order chi connectivity index (χ0) is 39.7. The third kappa shape index (κ3) is 11.5. The number of carbonyl (C=O) groups excluding carboxylic acids is 1. The van der Waals surface area contributed by atoms with Gasteiger partial charge in [0.2, 0.25) is 0 Å². The lowest BCUT2D eigenvalue weighted by molar-refractivity contribution is -0.143. The smallest absolute Gasteiger partial charge is 0.306 e. The van der Waals surface area contributed by atoms with Crippen molar-refractivity contribution in [2.24, 2.45) is 17.8 Å². The first-order valence-electron chi connectivity index (χ1n) is 20.2. The zero-order valence-electron chi connectivity index (χ0n) is 34.2. The summed E-state index contributed by atoms with van der Waals surface area (Å²) in [4.78, 5) is 12.7. The molecule has 0 bridgehead atoms. The molecule has 0 radical (unpaired) electrons. The molecule has 0 fully saturated rings. The lowest BCUT2D eigenvalue weighted by atomic mass is 9.79. The highest BCUT2D eigenvalue weighted by molar-refractivity contribution is 6.73. The van der Waals surface area contributed by atoms with E-state index >= 15 is 0 Å². The van der Waals surface area contributed by atoms with Gasteiger partial charge in [0.1, 0.15) is 18.0 Å². The number of hydrogen-bond acceptors (Lipinski definition) is 6. The summed E-state index contributed by atoms with van der Waals surface area (Å²) in [5.74, 6) is 0.601. The van der Waals surface area contributed by atoms with Gasteiger partial charge in [-0.3, -0.25) is 4.79 Å². The molecule has 0 unspecified atom stereocenters. The van der Waals surface area contributed by atoms with Crippen molar-refractivity contribution < 1.29 is 28.2 Å². The number of methoxy groups -OCH3 is 1. The molecule has 0 aliphatic carbocycles. The summed E-state index contributed by atoms with van der Waals surface area (Å²) >= 11 is 0. The molecule has 4 aromatic rings. The first-order valence-corrected chi connectivity index (χ1v) is 22.7. The third-order valence-corrected chi connectivity index (χ3v) is 16.0. The molecular formula is C48H64O6Si. The molecular weight excluding hydrogens is 701 g/mol. The predicted octanol–water partition coefficient (Wildman–Crippen LogP) is 11.4. The fourth-order valence-electron chi connectivity index (χ4n) is 7.82. The highest BCUT2D eigenvalue weighted by atomic mass is 28.4. The van der Waals surface area contributed by atoms with Crippen LogP contribution < -0.4 is 4.74 Å². The highest BCUT2D eigenvalue weighted by Crippen LogP contribution is 2.42. The summed E-state index contributed by atoms with van der Waals surface area (Å²) in [5.41, 5.74) is 3.43. The van der Waals surface area contributed by atoms with Crippen molar-refractivity contribution in [3.8, 4) is 5.75 Å². The van der Waals surface area contributed by atoms with Crippen LogP contribution in [0.3, 0.4) is 0 Å². The van der Waals surface area contributed by atoms with Crippen LogP contribution in [0.5, 0.6) is 5.75 Å². The van der Waals surface area contributed by atoms with Crippen molar-refractivity contribution >= 4 is 14.3 Å². The van der Waals surface area contributed by atoms with Gasteiger partial charge in [-0.25, -0.2) is 0 Å². The van der Waals surface area contributed by atoms with Crippen LogP contribution in [-0.4, -0.2) is 46.8 Å². The van der Waals surface area contributed by atoms with E-state index in [4.69, 9.17) is 23.4 Å². The molecule has 0 spiro atoms. The summed E-state index contributed by atoms with van der Waals surface area (Å²) < 4.78 is 32.6. The fraction of sp³-hybridized carbons (Fsp3) is 0.438. The van der Waals surface area contributed by atoms with E-state index in [1.807, 2.05) is 24.3 Å². The lowest BCUT2D eigenvalue weighted by Crippen LogP contribution is -2.49. The van der Waals surface area contributed by atoms with Gasteiger partial charge >= 0.3 is 5.97 Å². The molecule has 0 saturated carbocycles. The quantitative estimate of drug-likeness (QED) is 0.0306. The van der Waals surface area contributed by atoms with E-state index < -0.39 is 13.9 Å². The topological polar surface area (TPSA) is 63.2 Å². The summed E-state index contributed by atoms with van der Waals surface area (Å²) in [6.45, 7) is 18.3. The monoisotopic (exact) mass is 764 g/mol. The number of ether oxygens (including phenoxy) is 4. The second kappa shape index (κ2) is 21.9. The van der Waals surface area contributed by atoms with Crippen molar-refractivity contribution in [3.05, 3.63) is 150 Å². The van der Waals surface area contributed by atoms with Crippen LogP contribution >= 0.6 is 0 Å². The Morgan fingerprint density at radius 1 is 0.727 bits per heavy atom. The van der Waals surface area contributed by atoms with Crippen molar-refractivity contribution in [1.29, 1.82) is 0 Å². The van der Waals surface area contributed by atoms with Crippen molar-refractivity contribution in [1.82, 2.24) is 0 Å². The maximum atomic E-state index is 12.7. The Hall–Kier alpha value is -4.01. The van der Waals surface area contributed by atoms with Crippen molar-refractivity contribution in [2.45, 2.75) is 96.9 Å². The second-order valence-corrected chi connectivity index (χ2v) is 19.6. The summed E-state index contributed by atoms with van der Waals surface area (Å²) in [7, 11) is -0.438. The molecule has 0 saturated heterocycles. The molecule has 296 valence electrons. The van der Waals surface area contributed by atoms with Crippen LogP contribution in [0.15, 0.2) is 128 Å². The maximum absolute atomic E-state index is 12.7. The van der Waals surface area contributed by atoms with E-state index in [1.165, 1.54) is 0 Å². The van der Waals surface area contributed by atoms with Gasteiger partial charge in [0.15, 0.2) is 8.32 Å². The van der Waals surface area contributed by atoms with Crippen molar-refractivity contribution in [3.63, 3.8) is 0 Å². The Balaban J connectivity index is 1.74. The van der Waals surface area contributed by atoms with Gasteiger partial charge in [0.05, 0.1) is 32.5 Å². The van der Waals surface area contributed by atoms with E-state index in [1.54, 1.807) is 13.2 Å². The Labute approximate surface area is 332 Å². The molecule has 0 N–H and O–H groups in total. The first kappa shape index (κ1) is 43.7. The second-order valence-electron chi connectivity index (χ2n) is 14.9. The molecule has 4 rings (SSSR count). The van der Waals surface area contributed by atoms with Crippen LogP contribution in [0.4, 0.5) is 0 Å². The van der Waals surface area contributed by atoms with Crippen LogP contribution in [0.2, 0.25) is 18.1 Å². The van der Waals surface area contributed by atoms with E-state index in [2.05, 4.69) is 139 Å². The molecule has 6 nitrogen and oxygen atoms in total. The minimum Gasteiger partial charge on any atom is -0.497 e. The van der Waals surface area contributed by atoms with Gasteiger partial charge in [-0.05, 0) is 64.9 Å². The molecule has 55 heavy (non-hydrogen) atoms. The Bertz CT molecular complexity index is 1570. The molecule has 0 aliphatic heterocycles. The molecule has 0 aliphatic rings. The average Bonchev–Trinajstić information content (AvgIpc) is 3.24. The Morgan fingerprint density at radius 2 is 1.24 bits per heavy atom. The molecule has 4 aromatic carbocycles. The van der Waals surface area contributed by atoms with Crippen LogP contribution in [-0.2, 0) is 35.6 Å². The average molecular weight is 765 g/mol. The number of benzene rings is 4. The van der Waals surface area contributed by atoms with E-state index in [0.717, 1.165) is 46.1 Å². The number of esters is 1. The van der Waals surface area contributed by atoms with Gasteiger partial charge in [0, 0.05) is 18.3 Å². The molecule has 0 heterocycles. The predicted molar refractivity (Wildman–Crippen MR) is 227 cm³/mol. The standard InChI is InChI=1S/C48H64O6Si/c1-9-34-51-45(49)33-28-37(5)46(52-36-40-29-31-44(50-8)32-30-40)39(7)47(54-55(10-2,11-3)12-4)38(6)35-53-48(41-22-16-13-17-23-41,42-24-18-14-19-25-42)43-26-20-15-21-27-43/h9,13-27,29-32,37-39,46-47H,1,10-12,28,33-36H2,2-8H3/t37-,38-,39-,46-,47-/m0/s1. The fourth-order valence-corrected chi connectivity index (χ4v) is 10.8. The number of rotatable bonds is 24. The van der Waals surface area contributed by atoms with Crippen LogP contribution in [0.1, 0.15) is 76.6 Å². The zero-order valence-corrected chi connectivity index (χ0v) is 35.2. The van der Waals surface area contributed by atoms with Gasteiger partial charge < -0.3 is 23.4 Å². The normalized spacial score (nSPS) is 14.7. The SMILES string of the molecule is C=CCOC(=O)CC[C@H](C)[C@H](OCc1ccc(OC)cc1)[C@H](C)[C@@H](O[Si](CC)(CC)CC)[C@@H](C)COC(c1ccccc1)(c1ccccc1)c1ccccc1. The first-order chi connectivity index (χ1) is 26.7. The number of carbonyl (C=O) groups is 1. The van der Waals surface area contributed by atoms with Gasteiger partial charge in [-0.2, -0.15) is 0 Å². The lowest BCUT2D eigenvalue weighted by Gasteiger charge is -2.44. The minimum atomic E-state index is -2.11. The molecule has 0 aromatic heterocycles. The molecule has 0 amide bonds. The summed E-state index contributed by atoms with van der Waals surface area (Å²) in [6.07, 6.45) is 2.16. The Morgan fingerprint density at radius 3 is 1.69 bits per heavy atom. The molecule has 7 heteroatoms. The van der Waals surface area contributed by atoms with Gasteiger partial charge in [-0.1, -0.05) is 157 Å². The summed E-state index contributed by atoms with van der Waals surface area (Å²) in [6, 6.07) is 42.7.